The van der Waals surface area contributed by atoms with Crippen molar-refractivity contribution in [1.29, 1.82) is 0 Å². The number of carbonyl (C=O) groups excluding carboxylic acids is 1. The highest BCUT2D eigenvalue weighted by atomic mass is 32.1. The van der Waals surface area contributed by atoms with Crippen LogP contribution in [-0.4, -0.2) is 23.9 Å². The van der Waals surface area contributed by atoms with Gasteiger partial charge in [0.25, 0.3) is 0 Å². The van der Waals surface area contributed by atoms with Crippen molar-refractivity contribution in [3.8, 4) is 0 Å². The molecule has 2 heterocycles. The molecular formula is C15H23NOS. The summed E-state index contributed by atoms with van der Waals surface area (Å²) in [6.45, 7) is 6.42. The molecule has 3 heteroatoms. The van der Waals surface area contributed by atoms with Crippen LogP contribution in [0.2, 0.25) is 0 Å². The molecule has 1 fully saturated rings. The Morgan fingerprint density at radius 1 is 1.39 bits per heavy atom. The van der Waals surface area contributed by atoms with E-state index in [2.05, 4.69) is 36.3 Å². The number of hydrogen-bond acceptors (Lipinski definition) is 2. The SMILES string of the molecule is CC1CC(C)CN(C(=O)CCCc2cccs2)C1. The first-order valence-electron chi connectivity index (χ1n) is 6.95. The fourth-order valence-electron chi connectivity index (χ4n) is 2.89. The molecule has 0 radical (unpaired) electrons. The van der Waals surface area contributed by atoms with Crippen molar-refractivity contribution in [1.82, 2.24) is 4.90 Å². The van der Waals surface area contributed by atoms with Crippen LogP contribution in [0.5, 0.6) is 0 Å². The van der Waals surface area contributed by atoms with E-state index in [0.717, 1.165) is 25.9 Å². The Bertz CT molecular complexity index is 364. The summed E-state index contributed by atoms with van der Waals surface area (Å²) in [6.07, 6.45) is 4.00. The van der Waals surface area contributed by atoms with E-state index in [0.29, 0.717) is 24.2 Å². The zero-order valence-electron chi connectivity index (χ0n) is 11.4. The minimum absolute atomic E-state index is 0.352. The summed E-state index contributed by atoms with van der Waals surface area (Å²) in [7, 11) is 0. The van der Waals surface area contributed by atoms with Crippen molar-refractivity contribution in [2.24, 2.45) is 11.8 Å². The van der Waals surface area contributed by atoms with E-state index in [-0.39, 0.29) is 0 Å². The lowest BCUT2D eigenvalue weighted by atomic mass is 9.91. The van der Waals surface area contributed by atoms with Gasteiger partial charge in [-0.1, -0.05) is 19.9 Å². The van der Waals surface area contributed by atoms with E-state index < -0.39 is 0 Å². The highest BCUT2D eigenvalue weighted by Crippen LogP contribution is 2.22. The second-order valence-corrected chi connectivity index (χ2v) is 6.71. The summed E-state index contributed by atoms with van der Waals surface area (Å²) in [4.78, 5) is 15.6. The van der Waals surface area contributed by atoms with Gasteiger partial charge >= 0.3 is 0 Å². The topological polar surface area (TPSA) is 20.3 Å². The summed E-state index contributed by atoms with van der Waals surface area (Å²) in [6, 6.07) is 4.23. The van der Waals surface area contributed by atoms with Gasteiger partial charge in [-0.2, -0.15) is 0 Å². The normalized spacial score (nSPS) is 24.2. The number of rotatable bonds is 4. The summed E-state index contributed by atoms with van der Waals surface area (Å²) in [5, 5.41) is 2.10. The van der Waals surface area contributed by atoms with E-state index in [1.54, 1.807) is 11.3 Å². The van der Waals surface area contributed by atoms with Gasteiger partial charge in [0, 0.05) is 24.4 Å². The maximum absolute atomic E-state index is 12.1. The first-order valence-corrected chi connectivity index (χ1v) is 7.83. The predicted molar refractivity (Wildman–Crippen MR) is 76.8 cm³/mol. The van der Waals surface area contributed by atoms with Crippen molar-refractivity contribution < 1.29 is 4.79 Å². The largest absolute Gasteiger partial charge is 0.342 e. The number of thiophene rings is 1. The van der Waals surface area contributed by atoms with Crippen LogP contribution >= 0.6 is 11.3 Å². The fourth-order valence-corrected chi connectivity index (χ4v) is 3.64. The fraction of sp³-hybridized carbons (Fsp3) is 0.667. The van der Waals surface area contributed by atoms with Crippen LogP contribution in [0, 0.1) is 11.8 Å². The average molecular weight is 265 g/mol. The van der Waals surface area contributed by atoms with Gasteiger partial charge in [-0.15, -0.1) is 11.3 Å². The lowest BCUT2D eigenvalue weighted by Gasteiger charge is -2.35. The van der Waals surface area contributed by atoms with Crippen LogP contribution in [0.1, 0.15) is 38.0 Å². The van der Waals surface area contributed by atoms with E-state index in [9.17, 15) is 4.79 Å². The molecule has 0 aliphatic carbocycles. The number of likely N-dealkylation sites (tertiary alicyclic amines) is 1. The average Bonchev–Trinajstić information content (AvgIpc) is 2.80. The number of piperidine rings is 1. The van der Waals surface area contributed by atoms with Gasteiger partial charge in [0.1, 0.15) is 0 Å². The molecule has 1 saturated heterocycles. The molecule has 0 N–H and O–H groups in total. The number of nitrogens with zero attached hydrogens (tertiary/aromatic N) is 1. The zero-order chi connectivity index (χ0) is 13.0. The minimum Gasteiger partial charge on any atom is -0.342 e. The molecule has 2 rings (SSSR count). The van der Waals surface area contributed by atoms with Crippen molar-refractivity contribution >= 4 is 17.2 Å². The lowest BCUT2D eigenvalue weighted by molar-refractivity contribution is -0.133. The summed E-state index contributed by atoms with van der Waals surface area (Å²) in [5.41, 5.74) is 0. The molecule has 2 unspecified atom stereocenters. The van der Waals surface area contributed by atoms with Gasteiger partial charge in [0.2, 0.25) is 5.91 Å². The van der Waals surface area contributed by atoms with Gasteiger partial charge in [-0.3, -0.25) is 4.79 Å². The van der Waals surface area contributed by atoms with E-state index >= 15 is 0 Å². The highest BCUT2D eigenvalue weighted by Gasteiger charge is 2.24. The molecule has 0 aromatic carbocycles. The first kappa shape index (κ1) is 13.6. The van der Waals surface area contributed by atoms with E-state index in [4.69, 9.17) is 0 Å². The monoisotopic (exact) mass is 265 g/mol. The standard InChI is InChI=1S/C15H23NOS/c1-12-9-13(2)11-16(10-12)15(17)7-3-5-14-6-4-8-18-14/h4,6,8,12-13H,3,5,7,9-11H2,1-2H3. The second kappa shape index (κ2) is 6.37. The Labute approximate surface area is 114 Å². The Kier molecular flexibility index (Phi) is 4.81. The number of hydrogen-bond donors (Lipinski definition) is 0. The third kappa shape index (κ3) is 3.84. The van der Waals surface area contributed by atoms with Gasteiger partial charge in [-0.05, 0) is 42.5 Å². The highest BCUT2D eigenvalue weighted by molar-refractivity contribution is 7.09. The van der Waals surface area contributed by atoms with Crippen molar-refractivity contribution in [2.75, 3.05) is 13.1 Å². The van der Waals surface area contributed by atoms with Crippen molar-refractivity contribution in [2.45, 2.75) is 39.5 Å². The number of carbonyl (C=O) groups is 1. The molecule has 2 atom stereocenters. The van der Waals surface area contributed by atoms with Crippen LogP contribution in [-0.2, 0) is 11.2 Å². The van der Waals surface area contributed by atoms with Crippen LogP contribution in [0.15, 0.2) is 17.5 Å². The van der Waals surface area contributed by atoms with Crippen LogP contribution in [0.4, 0.5) is 0 Å². The Balaban J connectivity index is 1.74. The number of amides is 1. The zero-order valence-corrected chi connectivity index (χ0v) is 12.2. The number of aryl methyl sites for hydroxylation is 1. The maximum Gasteiger partial charge on any atom is 0.222 e. The first-order chi connectivity index (χ1) is 8.65. The van der Waals surface area contributed by atoms with Crippen molar-refractivity contribution in [3.63, 3.8) is 0 Å². The van der Waals surface area contributed by atoms with Gasteiger partial charge in [-0.25, -0.2) is 0 Å². The molecular weight excluding hydrogens is 242 g/mol. The summed E-state index contributed by atoms with van der Waals surface area (Å²) >= 11 is 1.79. The Morgan fingerprint density at radius 3 is 2.72 bits per heavy atom. The molecule has 18 heavy (non-hydrogen) atoms. The molecule has 1 aromatic rings. The van der Waals surface area contributed by atoms with Crippen LogP contribution in [0.25, 0.3) is 0 Å². The molecule has 2 nitrogen and oxygen atoms in total. The molecule has 100 valence electrons. The van der Waals surface area contributed by atoms with Gasteiger partial charge in [0.05, 0.1) is 0 Å². The molecule has 1 aromatic heterocycles. The smallest absolute Gasteiger partial charge is 0.222 e. The molecule has 1 aliphatic heterocycles. The van der Waals surface area contributed by atoms with E-state index in [1.807, 2.05) is 0 Å². The molecule has 0 bridgehead atoms. The molecule has 0 spiro atoms. The van der Waals surface area contributed by atoms with E-state index in [1.165, 1.54) is 11.3 Å². The van der Waals surface area contributed by atoms with Crippen LogP contribution < -0.4 is 0 Å². The van der Waals surface area contributed by atoms with Gasteiger partial charge in [0.15, 0.2) is 0 Å². The maximum atomic E-state index is 12.1. The lowest BCUT2D eigenvalue weighted by Crippen LogP contribution is -2.42. The van der Waals surface area contributed by atoms with Crippen LogP contribution in [0.3, 0.4) is 0 Å². The van der Waals surface area contributed by atoms with Crippen molar-refractivity contribution in [3.05, 3.63) is 22.4 Å². The predicted octanol–water partition coefficient (Wildman–Crippen LogP) is 3.58. The quantitative estimate of drug-likeness (QED) is 0.815. The minimum atomic E-state index is 0.352. The molecule has 0 saturated carbocycles. The second-order valence-electron chi connectivity index (χ2n) is 5.68. The van der Waals surface area contributed by atoms with Gasteiger partial charge < -0.3 is 4.90 Å². The summed E-state index contributed by atoms with van der Waals surface area (Å²) in [5.74, 6) is 1.68. The Morgan fingerprint density at radius 2 is 2.11 bits per heavy atom. The Hall–Kier alpha value is -0.830. The summed E-state index contributed by atoms with van der Waals surface area (Å²) < 4.78 is 0. The molecule has 1 aliphatic rings. The third-order valence-electron chi connectivity index (χ3n) is 3.62. The molecule has 1 amide bonds. The third-order valence-corrected chi connectivity index (χ3v) is 4.55.